The van der Waals surface area contributed by atoms with Crippen LogP contribution in [0.3, 0.4) is 0 Å². The molecule has 16 heavy (non-hydrogen) atoms. The minimum Gasteiger partial charge on any atom is -0.496 e. The summed E-state index contributed by atoms with van der Waals surface area (Å²) in [5.74, 6) is -1.64. The summed E-state index contributed by atoms with van der Waals surface area (Å²) in [5.41, 5.74) is 1.63. The second kappa shape index (κ2) is 4.81. The van der Waals surface area contributed by atoms with Crippen molar-refractivity contribution in [3.63, 3.8) is 0 Å². The van der Waals surface area contributed by atoms with Crippen LogP contribution in [0.1, 0.15) is 37.8 Å². The summed E-state index contributed by atoms with van der Waals surface area (Å²) in [6, 6.07) is 5.26. The van der Waals surface area contributed by atoms with Crippen LogP contribution in [-0.4, -0.2) is 13.0 Å². The molecule has 0 N–H and O–H groups in total. The van der Waals surface area contributed by atoms with Gasteiger partial charge in [-0.1, -0.05) is 26.0 Å². The van der Waals surface area contributed by atoms with Gasteiger partial charge in [-0.15, -0.1) is 0 Å². The maximum absolute atomic E-state index is 12.9. The number of alkyl halides is 2. The number of hydrogen-bond donors (Lipinski definition) is 0. The van der Waals surface area contributed by atoms with E-state index in [0.29, 0.717) is 5.56 Å². The van der Waals surface area contributed by atoms with Crippen LogP contribution in [0.25, 0.3) is 0 Å². The molecule has 0 heterocycles. The Bertz CT molecular complexity index is 353. The van der Waals surface area contributed by atoms with Crippen molar-refractivity contribution < 1.29 is 13.5 Å². The molecule has 0 saturated carbocycles. The van der Waals surface area contributed by atoms with Gasteiger partial charge in [0.2, 0.25) is 5.92 Å². The summed E-state index contributed by atoms with van der Waals surface area (Å²) < 4.78 is 31.0. The molecule has 1 aromatic carbocycles. The van der Waals surface area contributed by atoms with Crippen molar-refractivity contribution in [3.8, 4) is 5.75 Å². The molecule has 0 spiro atoms. The van der Waals surface area contributed by atoms with Gasteiger partial charge >= 0.3 is 0 Å². The molecule has 0 aliphatic carbocycles. The quantitative estimate of drug-likeness (QED) is 0.756. The average Bonchev–Trinajstić information content (AvgIpc) is 2.15. The topological polar surface area (TPSA) is 9.23 Å². The summed E-state index contributed by atoms with van der Waals surface area (Å²) in [5, 5.41) is 0. The zero-order chi connectivity index (χ0) is 12.3. The van der Waals surface area contributed by atoms with Crippen LogP contribution in [0, 0.1) is 0 Å². The molecule has 1 rings (SSSR count). The Hall–Kier alpha value is -1.12. The minimum absolute atomic E-state index is 0.225. The SMILES string of the molecule is COc1ccc(CC(C)(F)F)cc1C(C)C. The molecule has 0 atom stereocenters. The first-order chi connectivity index (χ1) is 7.33. The Labute approximate surface area is 95.4 Å². The first kappa shape index (κ1) is 12.9. The van der Waals surface area contributed by atoms with Gasteiger partial charge in [-0.3, -0.25) is 0 Å². The normalized spacial score (nSPS) is 11.9. The number of rotatable bonds is 4. The standard InChI is InChI=1S/C13H18F2O/c1-9(2)11-7-10(8-13(3,14)15)5-6-12(11)16-4/h5-7,9H,8H2,1-4H3. The Balaban J connectivity index is 3.02. The first-order valence-electron chi connectivity index (χ1n) is 5.38. The van der Waals surface area contributed by atoms with E-state index in [1.54, 1.807) is 25.3 Å². The van der Waals surface area contributed by atoms with Crippen molar-refractivity contribution in [2.24, 2.45) is 0 Å². The van der Waals surface area contributed by atoms with Crippen LogP contribution in [0.2, 0.25) is 0 Å². The molecular formula is C13H18F2O. The Kier molecular flexibility index (Phi) is 3.89. The number of halogens is 2. The molecule has 0 unspecified atom stereocenters. The lowest BCUT2D eigenvalue weighted by Gasteiger charge is -2.15. The molecule has 1 aromatic rings. The van der Waals surface area contributed by atoms with Crippen LogP contribution in [-0.2, 0) is 6.42 Å². The van der Waals surface area contributed by atoms with Crippen LogP contribution >= 0.6 is 0 Å². The van der Waals surface area contributed by atoms with E-state index in [9.17, 15) is 8.78 Å². The van der Waals surface area contributed by atoms with E-state index < -0.39 is 5.92 Å². The average molecular weight is 228 g/mol. The molecule has 0 aliphatic heterocycles. The van der Waals surface area contributed by atoms with Gasteiger partial charge in [0.1, 0.15) is 5.75 Å². The molecule has 0 aliphatic rings. The zero-order valence-electron chi connectivity index (χ0n) is 10.2. The largest absolute Gasteiger partial charge is 0.496 e. The number of hydrogen-bond acceptors (Lipinski definition) is 1. The molecular weight excluding hydrogens is 210 g/mol. The van der Waals surface area contributed by atoms with Crippen molar-refractivity contribution in [3.05, 3.63) is 29.3 Å². The molecule has 0 saturated heterocycles. The fourth-order valence-electron chi connectivity index (χ4n) is 1.70. The fraction of sp³-hybridized carbons (Fsp3) is 0.538. The van der Waals surface area contributed by atoms with Gasteiger partial charge in [-0.25, -0.2) is 8.78 Å². The smallest absolute Gasteiger partial charge is 0.249 e. The third-order valence-electron chi connectivity index (χ3n) is 2.43. The van der Waals surface area contributed by atoms with Gasteiger partial charge < -0.3 is 4.74 Å². The number of methoxy groups -OCH3 is 1. The first-order valence-corrected chi connectivity index (χ1v) is 5.38. The van der Waals surface area contributed by atoms with E-state index in [1.165, 1.54) is 0 Å². The zero-order valence-corrected chi connectivity index (χ0v) is 10.2. The third-order valence-corrected chi connectivity index (χ3v) is 2.43. The monoisotopic (exact) mass is 228 g/mol. The molecule has 0 bridgehead atoms. The lowest BCUT2D eigenvalue weighted by Crippen LogP contribution is -2.13. The van der Waals surface area contributed by atoms with Gasteiger partial charge in [0.25, 0.3) is 0 Å². The molecule has 0 aromatic heterocycles. The van der Waals surface area contributed by atoms with E-state index in [4.69, 9.17) is 4.74 Å². The van der Waals surface area contributed by atoms with Crippen LogP contribution in [0.5, 0.6) is 5.75 Å². The van der Waals surface area contributed by atoms with Crippen molar-refractivity contribution in [2.45, 2.75) is 39.0 Å². The van der Waals surface area contributed by atoms with Crippen LogP contribution < -0.4 is 4.74 Å². The van der Waals surface area contributed by atoms with Gasteiger partial charge in [-0.05, 0) is 30.0 Å². The molecule has 0 fully saturated rings. The summed E-state index contributed by atoms with van der Waals surface area (Å²) in [7, 11) is 1.59. The molecule has 3 heteroatoms. The molecule has 1 nitrogen and oxygen atoms in total. The van der Waals surface area contributed by atoms with Crippen LogP contribution in [0.15, 0.2) is 18.2 Å². The van der Waals surface area contributed by atoms with Crippen molar-refractivity contribution in [1.29, 1.82) is 0 Å². The minimum atomic E-state index is -2.66. The van der Waals surface area contributed by atoms with Gasteiger partial charge in [0, 0.05) is 6.42 Å². The van der Waals surface area contributed by atoms with Crippen molar-refractivity contribution >= 4 is 0 Å². The predicted octanol–water partition coefficient (Wildman–Crippen LogP) is 4.02. The maximum atomic E-state index is 12.9. The van der Waals surface area contributed by atoms with Gasteiger partial charge in [-0.2, -0.15) is 0 Å². The highest BCUT2D eigenvalue weighted by Gasteiger charge is 2.22. The second-order valence-corrected chi connectivity index (χ2v) is 4.48. The van der Waals surface area contributed by atoms with Crippen molar-refractivity contribution in [2.75, 3.05) is 7.11 Å². The lowest BCUT2D eigenvalue weighted by molar-refractivity contribution is 0.0226. The third kappa shape index (κ3) is 3.47. The Morgan fingerprint density at radius 2 is 1.94 bits per heavy atom. The summed E-state index contributed by atoms with van der Waals surface area (Å²) in [6.07, 6.45) is -0.225. The molecule has 90 valence electrons. The van der Waals surface area contributed by atoms with E-state index in [0.717, 1.165) is 18.2 Å². The second-order valence-electron chi connectivity index (χ2n) is 4.48. The summed E-state index contributed by atoms with van der Waals surface area (Å²) in [4.78, 5) is 0. The highest BCUT2D eigenvalue weighted by Crippen LogP contribution is 2.29. The van der Waals surface area contributed by atoms with Gasteiger partial charge in [0.05, 0.1) is 7.11 Å². The van der Waals surface area contributed by atoms with Gasteiger partial charge in [0.15, 0.2) is 0 Å². The fourth-order valence-corrected chi connectivity index (χ4v) is 1.70. The van der Waals surface area contributed by atoms with Crippen LogP contribution in [0.4, 0.5) is 8.78 Å². The van der Waals surface area contributed by atoms with E-state index in [2.05, 4.69) is 0 Å². The maximum Gasteiger partial charge on any atom is 0.249 e. The lowest BCUT2D eigenvalue weighted by atomic mass is 9.97. The summed E-state index contributed by atoms with van der Waals surface area (Å²) >= 11 is 0. The predicted molar refractivity (Wildman–Crippen MR) is 61.4 cm³/mol. The highest BCUT2D eigenvalue weighted by atomic mass is 19.3. The highest BCUT2D eigenvalue weighted by molar-refractivity contribution is 5.39. The summed E-state index contributed by atoms with van der Waals surface area (Å²) in [6.45, 7) is 4.98. The number of benzene rings is 1. The Morgan fingerprint density at radius 1 is 1.31 bits per heavy atom. The Morgan fingerprint density at radius 3 is 2.38 bits per heavy atom. The van der Waals surface area contributed by atoms with E-state index in [-0.39, 0.29) is 12.3 Å². The van der Waals surface area contributed by atoms with E-state index >= 15 is 0 Å². The number of ether oxygens (including phenoxy) is 1. The van der Waals surface area contributed by atoms with E-state index in [1.807, 2.05) is 13.8 Å². The molecule has 0 amide bonds. The van der Waals surface area contributed by atoms with Crippen molar-refractivity contribution in [1.82, 2.24) is 0 Å². The molecule has 0 radical (unpaired) electrons.